The molecular weight excluding hydrogens is 307 g/mol. The van der Waals surface area contributed by atoms with Crippen LogP contribution in [0.25, 0.3) is 0 Å². The first-order valence-corrected chi connectivity index (χ1v) is 6.86. The molecule has 4 heteroatoms. The van der Waals surface area contributed by atoms with Crippen LogP contribution in [0, 0.1) is 12.7 Å². The molecule has 2 aromatic carbocycles. The van der Waals surface area contributed by atoms with Crippen LogP contribution in [0.5, 0.6) is 0 Å². The maximum atomic E-state index is 13.9. The third-order valence-corrected chi connectivity index (χ3v) is 3.70. The second kappa shape index (κ2) is 6.28. The Bertz CT molecular complexity index is 572. The number of nitrogens with two attached hydrogens (primary N) is 1. The van der Waals surface area contributed by atoms with Gasteiger partial charge in [-0.15, -0.1) is 0 Å². The second-order valence-electron chi connectivity index (χ2n) is 4.52. The number of halogens is 2. The van der Waals surface area contributed by atoms with Crippen LogP contribution in [0.2, 0.25) is 0 Å². The van der Waals surface area contributed by atoms with Gasteiger partial charge in [0.05, 0.1) is 6.04 Å². The van der Waals surface area contributed by atoms with Gasteiger partial charge in [-0.2, -0.15) is 0 Å². The molecule has 2 nitrogen and oxygen atoms in total. The number of rotatable bonds is 4. The van der Waals surface area contributed by atoms with Gasteiger partial charge in [-0.05, 0) is 42.2 Å². The van der Waals surface area contributed by atoms with Gasteiger partial charge in [0.15, 0.2) is 0 Å². The van der Waals surface area contributed by atoms with E-state index in [-0.39, 0.29) is 11.9 Å². The Kier molecular flexibility index (Phi) is 4.69. The van der Waals surface area contributed by atoms with Crippen LogP contribution in [0.15, 0.2) is 46.9 Å². The van der Waals surface area contributed by atoms with E-state index < -0.39 is 0 Å². The van der Waals surface area contributed by atoms with Crippen molar-refractivity contribution < 1.29 is 4.39 Å². The molecular formula is C15H16BrFN2. The van der Waals surface area contributed by atoms with Gasteiger partial charge in [0.25, 0.3) is 0 Å². The Morgan fingerprint density at radius 2 is 2.00 bits per heavy atom. The summed E-state index contributed by atoms with van der Waals surface area (Å²) in [4.78, 5) is 0. The average Bonchev–Trinajstić information content (AvgIpc) is 2.39. The fraction of sp³-hybridized carbons (Fsp3) is 0.200. The molecule has 2 rings (SSSR count). The summed E-state index contributed by atoms with van der Waals surface area (Å²) in [6.45, 7) is 2.03. The van der Waals surface area contributed by atoms with Gasteiger partial charge >= 0.3 is 0 Å². The summed E-state index contributed by atoms with van der Waals surface area (Å²) in [5, 5.41) is 0. The molecule has 0 aliphatic rings. The van der Waals surface area contributed by atoms with E-state index in [4.69, 9.17) is 5.84 Å². The molecule has 100 valence electrons. The van der Waals surface area contributed by atoms with Crippen molar-refractivity contribution >= 4 is 15.9 Å². The highest BCUT2D eigenvalue weighted by Crippen LogP contribution is 2.23. The van der Waals surface area contributed by atoms with Crippen molar-refractivity contribution in [3.05, 3.63) is 69.4 Å². The summed E-state index contributed by atoms with van der Waals surface area (Å²) in [5.74, 6) is 5.40. The average molecular weight is 323 g/mol. The normalized spacial score (nSPS) is 12.4. The summed E-state index contributed by atoms with van der Waals surface area (Å²) < 4.78 is 14.6. The van der Waals surface area contributed by atoms with E-state index in [2.05, 4.69) is 21.4 Å². The molecule has 0 bridgehead atoms. The third kappa shape index (κ3) is 3.41. The minimum Gasteiger partial charge on any atom is -0.271 e. The molecule has 3 N–H and O–H groups in total. The summed E-state index contributed by atoms with van der Waals surface area (Å²) in [6, 6.07) is 13.0. The Balaban J connectivity index is 2.27. The van der Waals surface area contributed by atoms with Gasteiger partial charge in [0.2, 0.25) is 0 Å². The Labute approximate surface area is 120 Å². The van der Waals surface area contributed by atoms with E-state index in [1.807, 2.05) is 37.3 Å². The van der Waals surface area contributed by atoms with Crippen LogP contribution in [0.4, 0.5) is 4.39 Å². The molecule has 0 amide bonds. The second-order valence-corrected chi connectivity index (χ2v) is 5.43. The van der Waals surface area contributed by atoms with Crippen molar-refractivity contribution in [1.29, 1.82) is 0 Å². The maximum Gasteiger partial charge on any atom is 0.127 e. The lowest BCUT2D eigenvalue weighted by molar-refractivity contribution is 0.527. The van der Waals surface area contributed by atoms with Crippen LogP contribution >= 0.6 is 15.9 Å². The molecule has 1 atom stereocenters. The monoisotopic (exact) mass is 322 g/mol. The molecule has 0 fully saturated rings. The molecule has 0 spiro atoms. The molecule has 0 saturated heterocycles. The van der Waals surface area contributed by atoms with Crippen molar-refractivity contribution in [2.24, 2.45) is 5.84 Å². The van der Waals surface area contributed by atoms with E-state index in [0.29, 0.717) is 12.0 Å². The van der Waals surface area contributed by atoms with Gasteiger partial charge in [-0.1, -0.05) is 46.3 Å². The molecule has 19 heavy (non-hydrogen) atoms. The molecule has 0 radical (unpaired) electrons. The number of hydrogen-bond acceptors (Lipinski definition) is 2. The van der Waals surface area contributed by atoms with Gasteiger partial charge < -0.3 is 0 Å². The highest BCUT2D eigenvalue weighted by Gasteiger charge is 2.14. The van der Waals surface area contributed by atoms with Gasteiger partial charge in [0, 0.05) is 4.47 Å². The smallest absolute Gasteiger partial charge is 0.127 e. The molecule has 2 aromatic rings. The maximum absolute atomic E-state index is 13.9. The lowest BCUT2D eigenvalue weighted by Crippen LogP contribution is -2.30. The van der Waals surface area contributed by atoms with Gasteiger partial charge in [0.1, 0.15) is 5.82 Å². The van der Waals surface area contributed by atoms with Gasteiger partial charge in [-0.25, -0.2) is 4.39 Å². The summed E-state index contributed by atoms with van der Waals surface area (Å²) in [5.41, 5.74) is 5.65. The van der Waals surface area contributed by atoms with E-state index in [1.165, 1.54) is 6.07 Å². The van der Waals surface area contributed by atoms with Crippen molar-refractivity contribution in [2.75, 3.05) is 0 Å². The first-order chi connectivity index (χ1) is 9.11. The van der Waals surface area contributed by atoms with Crippen LogP contribution in [0.3, 0.4) is 0 Å². The fourth-order valence-corrected chi connectivity index (χ4v) is 2.48. The number of hydrazine groups is 1. The molecule has 0 heterocycles. The predicted molar refractivity (Wildman–Crippen MR) is 79.0 cm³/mol. The third-order valence-electron chi connectivity index (χ3n) is 3.20. The zero-order chi connectivity index (χ0) is 13.8. The first kappa shape index (κ1) is 14.2. The largest absolute Gasteiger partial charge is 0.271 e. The van der Waals surface area contributed by atoms with Crippen molar-refractivity contribution in [3.63, 3.8) is 0 Å². The van der Waals surface area contributed by atoms with E-state index in [9.17, 15) is 4.39 Å². The minimum atomic E-state index is -0.219. The summed E-state index contributed by atoms with van der Waals surface area (Å²) >= 11 is 3.26. The van der Waals surface area contributed by atoms with Crippen LogP contribution < -0.4 is 11.3 Å². The molecule has 0 aliphatic carbocycles. The lowest BCUT2D eigenvalue weighted by atomic mass is 9.96. The fourth-order valence-electron chi connectivity index (χ4n) is 2.14. The molecule has 0 aliphatic heterocycles. The molecule has 1 unspecified atom stereocenters. The molecule has 0 saturated carbocycles. The minimum absolute atomic E-state index is 0.100. The Hall–Kier alpha value is -1.23. The molecule has 0 aromatic heterocycles. The highest BCUT2D eigenvalue weighted by molar-refractivity contribution is 9.10. The van der Waals surface area contributed by atoms with Crippen molar-refractivity contribution in [3.8, 4) is 0 Å². The topological polar surface area (TPSA) is 38.0 Å². The lowest BCUT2D eigenvalue weighted by Gasteiger charge is -2.19. The van der Waals surface area contributed by atoms with Crippen molar-refractivity contribution in [2.45, 2.75) is 19.4 Å². The number of nitrogens with one attached hydrogen (secondary N) is 1. The quantitative estimate of drug-likeness (QED) is 0.666. The summed E-state index contributed by atoms with van der Waals surface area (Å²) in [6.07, 6.45) is 0.514. The Morgan fingerprint density at radius 3 is 2.63 bits per heavy atom. The van der Waals surface area contributed by atoms with Crippen LogP contribution in [-0.2, 0) is 6.42 Å². The van der Waals surface area contributed by atoms with E-state index in [1.54, 1.807) is 6.07 Å². The zero-order valence-corrected chi connectivity index (χ0v) is 12.2. The van der Waals surface area contributed by atoms with Crippen LogP contribution in [-0.4, -0.2) is 0 Å². The van der Waals surface area contributed by atoms with Crippen molar-refractivity contribution in [1.82, 2.24) is 5.43 Å². The van der Waals surface area contributed by atoms with E-state index in [0.717, 1.165) is 15.6 Å². The highest BCUT2D eigenvalue weighted by atomic mass is 79.9. The van der Waals surface area contributed by atoms with Gasteiger partial charge in [-0.3, -0.25) is 11.3 Å². The summed E-state index contributed by atoms with van der Waals surface area (Å²) in [7, 11) is 0. The standard InChI is InChI=1S/C15H16BrFN2/c1-10-4-2-3-5-13(10)15(19-18)8-11-6-7-12(16)9-14(11)17/h2-7,9,15,19H,8,18H2,1H3. The number of aryl methyl sites for hydroxylation is 1. The number of benzene rings is 2. The van der Waals surface area contributed by atoms with E-state index >= 15 is 0 Å². The number of hydrogen-bond donors (Lipinski definition) is 2. The predicted octanol–water partition coefficient (Wildman–Crippen LogP) is 3.64. The first-order valence-electron chi connectivity index (χ1n) is 6.07. The van der Waals surface area contributed by atoms with Crippen LogP contribution in [0.1, 0.15) is 22.7 Å². The Morgan fingerprint density at radius 1 is 1.26 bits per heavy atom. The zero-order valence-electron chi connectivity index (χ0n) is 10.7. The SMILES string of the molecule is Cc1ccccc1C(Cc1ccc(Br)cc1F)NN.